The molecular formula is C20H33Si2Zr+. The van der Waals surface area contributed by atoms with E-state index >= 15 is 0 Å². The first-order chi connectivity index (χ1) is 10.5. The van der Waals surface area contributed by atoms with Crippen molar-refractivity contribution in [3.63, 3.8) is 0 Å². The predicted octanol–water partition coefficient (Wildman–Crippen LogP) is 6.32. The quantitative estimate of drug-likeness (QED) is 0.467. The van der Waals surface area contributed by atoms with E-state index in [1.165, 1.54) is 5.57 Å². The Morgan fingerprint density at radius 1 is 1.13 bits per heavy atom. The Balaban J connectivity index is 2.52. The Morgan fingerprint density at radius 2 is 1.74 bits per heavy atom. The summed E-state index contributed by atoms with van der Waals surface area (Å²) in [6, 6.07) is 0. The Kier molecular flexibility index (Phi) is 5.66. The third kappa shape index (κ3) is 3.83. The fourth-order valence-corrected chi connectivity index (χ4v) is 29.8. The van der Waals surface area contributed by atoms with Crippen LogP contribution >= 0.6 is 0 Å². The van der Waals surface area contributed by atoms with Gasteiger partial charge in [-0.05, 0) is 0 Å². The first kappa shape index (κ1) is 19.3. The summed E-state index contributed by atoms with van der Waals surface area (Å²) in [6.45, 7) is 22.2. The van der Waals surface area contributed by atoms with E-state index in [0.29, 0.717) is 3.12 Å². The van der Waals surface area contributed by atoms with Crippen LogP contribution in [0.1, 0.15) is 27.7 Å². The van der Waals surface area contributed by atoms with Crippen molar-refractivity contribution in [3.8, 4) is 0 Å². The molecule has 0 radical (unpaired) electrons. The van der Waals surface area contributed by atoms with Gasteiger partial charge in [0.2, 0.25) is 0 Å². The van der Waals surface area contributed by atoms with Gasteiger partial charge >= 0.3 is 154 Å². The zero-order valence-electron chi connectivity index (χ0n) is 16.5. The number of hydrogen-bond acceptors (Lipinski definition) is 0. The topological polar surface area (TPSA) is 0 Å². The van der Waals surface area contributed by atoms with Crippen molar-refractivity contribution in [2.75, 3.05) is 0 Å². The van der Waals surface area contributed by atoms with E-state index in [2.05, 4.69) is 90.4 Å². The summed E-state index contributed by atoms with van der Waals surface area (Å²) < 4.78 is 2.20. The van der Waals surface area contributed by atoms with Gasteiger partial charge in [-0.2, -0.15) is 0 Å². The van der Waals surface area contributed by atoms with Crippen molar-refractivity contribution in [1.82, 2.24) is 0 Å². The molecule has 124 valence electrons. The van der Waals surface area contributed by atoms with Gasteiger partial charge in [-0.3, -0.25) is 0 Å². The molecule has 0 aromatic heterocycles. The van der Waals surface area contributed by atoms with E-state index in [0.717, 1.165) is 0 Å². The summed E-state index contributed by atoms with van der Waals surface area (Å²) in [5.41, 5.74) is 9.00. The molecule has 1 unspecified atom stereocenters. The van der Waals surface area contributed by atoms with Crippen molar-refractivity contribution in [2.24, 2.45) is 0 Å². The molecule has 0 aliphatic heterocycles. The molecule has 0 amide bonds. The van der Waals surface area contributed by atoms with Gasteiger partial charge in [-0.15, -0.1) is 0 Å². The number of rotatable bonds is 4. The summed E-state index contributed by atoms with van der Waals surface area (Å²) in [5.74, 6) is -0.674. The maximum absolute atomic E-state index is 2.64. The Bertz CT molecular complexity index is 654. The van der Waals surface area contributed by atoms with Crippen LogP contribution in [-0.2, 0) is 20.9 Å². The molecule has 0 aromatic carbocycles. The van der Waals surface area contributed by atoms with Crippen molar-refractivity contribution in [3.05, 3.63) is 55.6 Å². The van der Waals surface area contributed by atoms with Crippen LogP contribution in [0.3, 0.4) is 0 Å². The van der Waals surface area contributed by atoms with Crippen LogP contribution in [0.5, 0.6) is 0 Å². The third-order valence-electron chi connectivity index (χ3n) is 5.30. The normalized spacial score (nSPS) is 26.4. The van der Waals surface area contributed by atoms with Crippen molar-refractivity contribution >= 4 is 14.0 Å². The third-order valence-corrected chi connectivity index (χ3v) is 28.1. The van der Waals surface area contributed by atoms with Gasteiger partial charge in [0.1, 0.15) is 0 Å². The van der Waals surface area contributed by atoms with E-state index in [4.69, 9.17) is 0 Å². The minimum atomic E-state index is -1.77. The van der Waals surface area contributed by atoms with Crippen LogP contribution in [-0.4, -0.2) is 14.0 Å². The van der Waals surface area contributed by atoms with E-state index in [1.807, 2.05) is 0 Å². The van der Waals surface area contributed by atoms with Gasteiger partial charge < -0.3 is 0 Å². The average molecular weight is 421 g/mol. The van der Waals surface area contributed by atoms with Gasteiger partial charge in [0.05, 0.1) is 0 Å². The van der Waals surface area contributed by atoms with E-state index in [9.17, 15) is 0 Å². The Morgan fingerprint density at radius 3 is 2.17 bits per heavy atom. The fourth-order valence-electron chi connectivity index (χ4n) is 4.08. The van der Waals surface area contributed by atoms with Gasteiger partial charge in [0.15, 0.2) is 0 Å². The molecule has 0 nitrogen and oxygen atoms in total. The second kappa shape index (κ2) is 6.73. The molecule has 2 aliphatic rings. The fraction of sp³-hybridized carbons (Fsp3) is 0.500. The molecule has 0 saturated heterocycles. The van der Waals surface area contributed by atoms with Gasteiger partial charge in [-0.1, -0.05) is 0 Å². The molecule has 0 fully saturated rings. The van der Waals surface area contributed by atoms with E-state index in [-0.39, 0.29) is 0 Å². The zero-order valence-corrected chi connectivity index (χ0v) is 21.1. The zero-order chi connectivity index (χ0) is 17.6. The van der Waals surface area contributed by atoms with Crippen LogP contribution in [0.25, 0.3) is 0 Å². The predicted molar refractivity (Wildman–Crippen MR) is 108 cm³/mol. The summed E-state index contributed by atoms with van der Waals surface area (Å²) in [6.07, 6.45) is 9.85. The summed E-state index contributed by atoms with van der Waals surface area (Å²) in [7, 11) is -1.19. The number of allylic oxidation sites excluding steroid dienone is 9. The Hall–Kier alpha value is 0.0169. The molecule has 0 N–H and O–H groups in total. The maximum atomic E-state index is 2.64. The second-order valence-electron chi connectivity index (χ2n) is 8.75. The molecule has 1 atom stereocenters. The molecule has 3 heteroatoms. The first-order valence-electron chi connectivity index (χ1n) is 8.84. The van der Waals surface area contributed by atoms with E-state index < -0.39 is 34.9 Å². The second-order valence-corrected chi connectivity index (χ2v) is 33.9. The van der Waals surface area contributed by atoms with E-state index in [1.54, 1.807) is 20.0 Å². The van der Waals surface area contributed by atoms with Gasteiger partial charge in [0.25, 0.3) is 0 Å². The minimum absolute atomic E-state index is 0.396. The standard InChI is InChI=1S/C9H13Si.C9H13.C2H7Si.Zr/c1-10(2,3)8-9-6-4-5-7-9;1-6-5-7(2)9(4)8(6)3;1-3-2;/h4-6,8H,1-3H3;5H,1-4H3;3H,1-2H3;/q;;;+1. The van der Waals surface area contributed by atoms with Gasteiger partial charge in [0, 0.05) is 0 Å². The summed E-state index contributed by atoms with van der Waals surface area (Å²) in [4.78, 5) is 0. The molecule has 0 aromatic rings. The monoisotopic (exact) mass is 419 g/mol. The van der Waals surface area contributed by atoms with Crippen molar-refractivity contribution < 1.29 is 20.9 Å². The van der Waals surface area contributed by atoms with Crippen LogP contribution in [0, 0.1) is 0 Å². The molecule has 2 rings (SSSR count). The SMILES string of the molecule is CC1=C[C](C)([Zr+]([C]2=CC=CC2=C[Si](C)(C)C)[SiH](C)C)C(C)=C1C. The van der Waals surface area contributed by atoms with Crippen molar-refractivity contribution in [1.29, 1.82) is 0 Å². The molecule has 0 spiro atoms. The van der Waals surface area contributed by atoms with Crippen LogP contribution in [0.4, 0.5) is 0 Å². The average Bonchev–Trinajstić information content (AvgIpc) is 2.88. The number of hydrogen-bond donors (Lipinski definition) is 0. The molecule has 0 saturated carbocycles. The molecule has 0 bridgehead atoms. The first-order valence-corrected chi connectivity index (χ1v) is 22.0. The Labute approximate surface area is 153 Å². The molecule has 2 aliphatic carbocycles. The summed E-state index contributed by atoms with van der Waals surface area (Å²) in [5, 5.41) is 0. The molecule has 23 heavy (non-hydrogen) atoms. The van der Waals surface area contributed by atoms with Crippen LogP contribution < -0.4 is 0 Å². The van der Waals surface area contributed by atoms with Crippen molar-refractivity contribution in [2.45, 2.75) is 63.6 Å². The van der Waals surface area contributed by atoms with Crippen LogP contribution in [0.2, 0.25) is 35.9 Å². The molecular weight excluding hydrogens is 388 g/mol. The molecule has 0 heterocycles. The van der Waals surface area contributed by atoms with Gasteiger partial charge in [-0.25, -0.2) is 0 Å². The summed E-state index contributed by atoms with van der Waals surface area (Å²) >= 11 is -1.77. The van der Waals surface area contributed by atoms with Crippen LogP contribution in [0.15, 0.2) is 55.6 Å².